The lowest BCUT2D eigenvalue weighted by atomic mass is 9.94. The third-order valence-electron chi connectivity index (χ3n) is 2.59. The average molecular weight is 188 g/mol. The van der Waals surface area contributed by atoms with Crippen LogP contribution in [0.5, 0.6) is 0 Å². The lowest BCUT2D eigenvalue weighted by molar-refractivity contribution is -0.145. The molecule has 0 aromatic carbocycles. The third kappa shape index (κ3) is 1.50. The molecular weight excluding hydrogens is 172 g/mol. The molecule has 70 valence electrons. The molecule has 2 aliphatic rings. The Labute approximate surface area is 79.0 Å². The van der Waals surface area contributed by atoms with E-state index in [1.54, 1.807) is 0 Å². The number of ether oxygens (including phenoxy) is 2. The lowest BCUT2D eigenvalue weighted by Gasteiger charge is -2.27. The Morgan fingerprint density at radius 3 is 2.67 bits per heavy atom. The van der Waals surface area contributed by atoms with E-state index in [4.69, 9.17) is 9.47 Å². The van der Waals surface area contributed by atoms with Gasteiger partial charge >= 0.3 is 0 Å². The van der Waals surface area contributed by atoms with E-state index in [1.165, 1.54) is 6.42 Å². The highest BCUT2D eigenvalue weighted by Crippen LogP contribution is 2.38. The highest BCUT2D eigenvalue weighted by molar-refractivity contribution is 7.81. The summed E-state index contributed by atoms with van der Waals surface area (Å²) in [6, 6.07) is 0. The van der Waals surface area contributed by atoms with Gasteiger partial charge in [0, 0.05) is 5.25 Å². The zero-order valence-corrected chi connectivity index (χ0v) is 8.51. The standard InChI is InChI=1S/C9H16O2S/c1-9(2)10-6-4-3-5-7(12)8(6)11-9/h6-8,12H,3-5H2,1-2H3/t6-,7?,8-/m0/s1. The van der Waals surface area contributed by atoms with Crippen LogP contribution in [0.2, 0.25) is 0 Å². The van der Waals surface area contributed by atoms with Crippen LogP contribution in [-0.4, -0.2) is 23.2 Å². The molecule has 0 aromatic heterocycles. The minimum atomic E-state index is -0.388. The van der Waals surface area contributed by atoms with Crippen LogP contribution in [0.25, 0.3) is 0 Å². The molecule has 0 bridgehead atoms. The molecule has 3 heteroatoms. The second-order valence-electron chi connectivity index (χ2n) is 4.14. The highest BCUT2D eigenvalue weighted by atomic mass is 32.1. The fraction of sp³-hybridized carbons (Fsp3) is 1.00. The molecule has 0 N–H and O–H groups in total. The molecule has 0 amide bonds. The number of hydrogen-bond acceptors (Lipinski definition) is 3. The molecule has 2 fully saturated rings. The van der Waals surface area contributed by atoms with Crippen molar-refractivity contribution < 1.29 is 9.47 Å². The molecule has 12 heavy (non-hydrogen) atoms. The Balaban J connectivity index is 2.09. The summed E-state index contributed by atoms with van der Waals surface area (Å²) in [7, 11) is 0. The number of rotatable bonds is 0. The minimum Gasteiger partial charge on any atom is -0.345 e. The van der Waals surface area contributed by atoms with Crippen molar-refractivity contribution in [1.29, 1.82) is 0 Å². The smallest absolute Gasteiger partial charge is 0.163 e. The summed E-state index contributed by atoms with van der Waals surface area (Å²) in [5.41, 5.74) is 0. The lowest BCUT2D eigenvalue weighted by Crippen LogP contribution is -2.35. The van der Waals surface area contributed by atoms with Crippen molar-refractivity contribution >= 4 is 12.6 Å². The monoisotopic (exact) mass is 188 g/mol. The molecule has 1 aliphatic carbocycles. The van der Waals surface area contributed by atoms with E-state index in [0.717, 1.165) is 12.8 Å². The summed E-state index contributed by atoms with van der Waals surface area (Å²) < 4.78 is 11.5. The van der Waals surface area contributed by atoms with Gasteiger partial charge in [0.05, 0.1) is 12.2 Å². The van der Waals surface area contributed by atoms with E-state index < -0.39 is 0 Å². The maximum absolute atomic E-state index is 5.77. The molecule has 2 nitrogen and oxygen atoms in total. The van der Waals surface area contributed by atoms with Crippen LogP contribution in [-0.2, 0) is 9.47 Å². The zero-order chi connectivity index (χ0) is 8.77. The van der Waals surface area contributed by atoms with Gasteiger partial charge in [0.1, 0.15) is 0 Å². The second-order valence-corrected chi connectivity index (χ2v) is 4.80. The average Bonchev–Trinajstić information content (AvgIpc) is 2.25. The number of thiol groups is 1. The van der Waals surface area contributed by atoms with E-state index in [9.17, 15) is 0 Å². The number of fused-ring (bicyclic) bond motifs is 1. The largest absolute Gasteiger partial charge is 0.345 e. The molecule has 1 unspecified atom stereocenters. The van der Waals surface area contributed by atoms with Gasteiger partial charge in [-0.2, -0.15) is 12.6 Å². The first kappa shape index (κ1) is 8.85. The van der Waals surface area contributed by atoms with Crippen LogP contribution in [0.1, 0.15) is 33.1 Å². The molecule has 0 aromatic rings. The first-order valence-corrected chi connectivity index (χ1v) is 5.14. The van der Waals surface area contributed by atoms with Gasteiger partial charge in [-0.3, -0.25) is 0 Å². The summed E-state index contributed by atoms with van der Waals surface area (Å²) in [6.45, 7) is 3.96. The molecule has 0 spiro atoms. The summed E-state index contributed by atoms with van der Waals surface area (Å²) in [5, 5.41) is 0.366. The van der Waals surface area contributed by atoms with Crippen LogP contribution in [0.15, 0.2) is 0 Å². The van der Waals surface area contributed by atoms with Gasteiger partial charge in [-0.15, -0.1) is 0 Å². The molecule has 1 heterocycles. The van der Waals surface area contributed by atoms with Crippen molar-refractivity contribution in [1.82, 2.24) is 0 Å². The van der Waals surface area contributed by atoms with Crippen molar-refractivity contribution in [3.8, 4) is 0 Å². The SMILES string of the molecule is CC1(C)O[C@H]2CCCC(S)[C@H]2O1. The van der Waals surface area contributed by atoms with E-state index in [2.05, 4.69) is 12.6 Å². The molecule has 1 saturated heterocycles. The van der Waals surface area contributed by atoms with Crippen LogP contribution >= 0.6 is 12.6 Å². The predicted molar refractivity (Wildman–Crippen MR) is 50.5 cm³/mol. The van der Waals surface area contributed by atoms with Crippen molar-refractivity contribution in [2.45, 2.75) is 56.4 Å². The normalized spacial score (nSPS) is 45.8. The Hall–Kier alpha value is 0.270. The quantitative estimate of drug-likeness (QED) is 0.586. The van der Waals surface area contributed by atoms with Crippen LogP contribution in [0.3, 0.4) is 0 Å². The molecule has 1 aliphatic heterocycles. The zero-order valence-electron chi connectivity index (χ0n) is 7.62. The van der Waals surface area contributed by atoms with Gasteiger partial charge in [-0.1, -0.05) is 0 Å². The van der Waals surface area contributed by atoms with E-state index in [0.29, 0.717) is 5.25 Å². The van der Waals surface area contributed by atoms with Crippen LogP contribution in [0, 0.1) is 0 Å². The summed E-state index contributed by atoms with van der Waals surface area (Å²) in [5.74, 6) is -0.388. The summed E-state index contributed by atoms with van der Waals surface area (Å²) in [4.78, 5) is 0. The third-order valence-corrected chi connectivity index (χ3v) is 3.14. The Kier molecular flexibility index (Phi) is 2.13. The van der Waals surface area contributed by atoms with Crippen molar-refractivity contribution in [2.75, 3.05) is 0 Å². The molecule has 3 atom stereocenters. The van der Waals surface area contributed by atoms with Gasteiger partial charge in [0.15, 0.2) is 5.79 Å². The molecule has 0 radical (unpaired) electrons. The van der Waals surface area contributed by atoms with Gasteiger partial charge in [-0.05, 0) is 33.1 Å². The maximum Gasteiger partial charge on any atom is 0.163 e. The minimum absolute atomic E-state index is 0.220. The van der Waals surface area contributed by atoms with Crippen LogP contribution in [0.4, 0.5) is 0 Å². The fourth-order valence-electron chi connectivity index (χ4n) is 2.10. The molecule has 1 saturated carbocycles. The fourth-order valence-corrected chi connectivity index (χ4v) is 2.54. The van der Waals surface area contributed by atoms with Gasteiger partial charge in [-0.25, -0.2) is 0 Å². The van der Waals surface area contributed by atoms with Crippen molar-refractivity contribution in [3.05, 3.63) is 0 Å². The maximum atomic E-state index is 5.77. The van der Waals surface area contributed by atoms with E-state index in [-0.39, 0.29) is 18.0 Å². The van der Waals surface area contributed by atoms with Gasteiger partial charge in [0.25, 0.3) is 0 Å². The summed E-state index contributed by atoms with van der Waals surface area (Å²) in [6.07, 6.45) is 4.01. The highest BCUT2D eigenvalue weighted by Gasteiger charge is 2.45. The second kappa shape index (κ2) is 2.89. The topological polar surface area (TPSA) is 18.5 Å². The van der Waals surface area contributed by atoms with Gasteiger partial charge < -0.3 is 9.47 Å². The first-order chi connectivity index (χ1) is 5.58. The molecule has 2 rings (SSSR count). The van der Waals surface area contributed by atoms with Crippen molar-refractivity contribution in [3.63, 3.8) is 0 Å². The number of hydrogen-bond donors (Lipinski definition) is 1. The molecular formula is C9H16O2S. The Morgan fingerprint density at radius 2 is 2.00 bits per heavy atom. The van der Waals surface area contributed by atoms with E-state index >= 15 is 0 Å². The van der Waals surface area contributed by atoms with Crippen molar-refractivity contribution in [2.24, 2.45) is 0 Å². The Bertz CT molecular complexity index is 181. The predicted octanol–water partition coefficient (Wildman–Crippen LogP) is 1.99. The Morgan fingerprint density at radius 1 is 1.25 bits per heavy atom. The van der Waals surface area contributed by atoms with E-state index in [1.807, 2.05) is 13.8 Å². The summed E-state index contributed by atoms with van der Waals surface area (Å²) >= 11 is 4.51. The first-order valence-electron chi connectivity index (χ1n) is 4.62. The van der Waals surface area contributed by atoms with Crippen LogP contribution < -0.4 is 0 Å². The van der Waals surface area contributed by atoms with Gasteiger partial charge in [0.2, 0.25) is 0 Å².